The van der Waals surface area contributed by atoms with Crippen molar-refractivity contribution in [2.24, 2.45) is 0 Å². The molecule has 0 heterocycles. The summed E-state index contributed by atoms with van der Waals surface area (Å²) in [5, 5.41) is 2.65. The number of carbonyl (C=O) groups excluding carboxylic acids is 1. The van der Waals surface area contributed by atoms with E-state index in [4.69, 9.17) is 11.6 Å². The molecule has 2 aromatic carbocycles. The Balaban J connectivity index is 2.00. The van der Waals surface area contributed by atoms with E-state index >= 15 is 0 Å². The van der Waals surface area contributed by atoms with Crippen LogP contribution in [0.1, 0.15) is 23.6 Å². The predicted octanol–water partition coefficient (Wildman–Crippen LogP) is 3.42. The first kappa shape index (κ1) is 14.2. The summed E-state index contributed by atoms with van der Waals surface area (Å²) < 4.78 is 0. The summed E-state index contributed by atoms with van der Waals surface area (Å²) in [6.07, 6.45) is 1.62. The molecule has 0 aromatic heterocycles. The number of rotatable bonds is 3. The average molecular weight is 300 g/mol. The van der Waals surface area contributed by atoms with Crippen LogP contribution in [0.2, 0.25) is 0 Å². The van der Waals surface area contributed by atoms with Crippen LogP contribution in [0.4, 0.5) is 0 Å². The number of fused-ring (bicyclic) bond motifs is 1. The lowest BCUT2D eigenvalue weighted by Crippen LogP contribution is -2.49. The van der Waals surface area contributed by atoms with Crippen molar-refractivity contribution in [2.45, 2.75) is 30.7 Å². The van der Waals surface area contributed by atoms with Gasteiger partial charge in [0.15, 0.2) is 0 Å². The summed E-state index contributed by atoms with van der Waals surface area (Å²) in [6.45, 7) is 1.71. The molecule has 2 aromatic rings. The maximum absolute atomic E-state index is 12.2. The van der Waals surface area contributed by atoms with Gasteiger partial charge in [0.2, 0.25) is 5.91 Å². The Hall–Kier alpha value is -1.80. The van der Waals surface area contributed by atoms with E-state index in [9.17, 15) is 4.79 Å². The summed E-state index contributed by atoms with van der Waals surface area (Å²) in [5.74, 6) is -0.117. The Morgan fingerprint density at radius 3 is 2.10 bits per heavy atom. The second-order valence-corrected chi connectivity index (χ2v) is 6.33. The maximum Gasteiger partial charge on any atom is 0.238 e. The fraction of sp³-hybridized carbons (Fsp3) is 0.278. The predicted molar refractivity (Wildman–Crippen MR) is 85.4 cm³/mol. The van der Waals surface area contributed by atoms with Gasteiger partial charge in [-0.05, 0) is 23.6 Å². The molecule has 1 N–H and O–H groups in total. The Labute approximate surface area is 130 Å². The Morgan fingerprint density at radius 2 is 1.57 bits per heavy atom. The highest BCUT2D eigenvalue weighted by Gasteiger charge is 2.40. The Kier molecular flexibility index (Phi) is 3.73. The molecule has 0 spiro atoms. The fourth-order valence-electron chi connectivity index (χ4n) is 3.07. The van der Waals surface area contributed by atoms with Gasteiger partial charge in [-0.1, -0.05) is 54.6 Å². The first-order valence-corrected chi connectivity index (χ1v) is 7.63. The van der Waals surface area contributed by atoms with Gasteiger partial charge in [-0.15, -0.1) is 11.6 Å². The highest BCUT2D eigenvalue weighted by Crippen LogP contribution is 2.37. The summed E-state index contributed by atoms with van der Waals surface area (Å²) >= 11 is 5.96. The second kappa shape index (κ2) is 5.53. The zero-order valence-corrected chi connectivity index (χ0v) is 12.7. The maximum atomic E-state index is 12.2. The number of halogens is 1. The molecular weight excluding hydrogens is 282 g/mol. The minimum Gasteiger partial charge on any atom is -0.345 e. The van der Waals surface area contributed by atoms with Crippen molar-refractivity contribution in [3.8, 4) is 0 Å². The molecule has 21 heavy (non-hydrogen) atoms. The van der Waals surface area contributed by atoms with Crippen LogP contribution >= 0.6 is 11.6 Å². The van der Waals surface area contributed by atoms with Gasteiger partial charge in [0.05, 0.1) is 5.54 Å². The van der Waals surface area contributed by atoms with Crippen LogP contribution in [0.25, 0.3) is 0 Å². The molecule has 3 heteroatoms. The zero-order valence-electron chi connectivity index (χ0n) is 12.0. The van der Waals surface area contributed by atoms with Crippen LogP contribution in [-0.2, 0) is 23.2 Å². The third-order valence-corrected chi connectivity index (χ3v) is 4.35. The van der Waals surface area contributed by atoms with E-state index in [0.29, 0.717) is 0 Å². The zero-order chi connectivity index (χ0) is 14.9. The lowest BCUT2D eigenvalue weighted by Gasteiger charge is -2.31. The summed E-state index contributed by atoms with van der Waals surface area (Å²) in [7, 11) is 0. The number of carbonyl (C=O) groups is 1. The van der Waals surface area contributed by atoms with Crippen molar-refractivity contribution in [3.63, 3.8) is 0 Å². The molecule has 0 fully saturated rings. The van der Waals surface area contributed by atoms with E-state index in [1.807, 2.05) is 30.3 Å². The standard InChI is InChI=1S/C18H18ClNO/c1-13(19)17(21)20-18(16-9-3-2-4-10-16)11-14-7-5-6-8-15(14)12-18/h2-10,13H,11-12H2,1H3,(H,20,21). The van der Waals surface area contributed by atoms with E-state index in [2.05, 4.69) is 29.6 Å². The highest BCUT2D eigenvalue weighted by atomic mass is 35.5. The number of hydrogen-bond donors (Lipinski definition) is 1. The van der Waals surface area contributed by atoms with Crippen molar-refractivity contribution < 1.29 is 4.79 Å². The van der Waals surface area contributed by atoms with Crippen molar-refractivity contribution in [2.75, 3.05) is 0 Å². The molecule has 0 saturated carbocycles. The van der Waals surface area contributed by atoms with E-state index < -0.39 is 5.38 Å². The van der Waals surface area contributed by atoms with E-state index in [1.165, 1.54) is 11.1 Å². The third kappa shape index (κ3) is 2.68. The minimum atomic E-state index is -0.533. The molecule has 0 radical (unpaired) electrons. The second-order valence-electron chi connectivity index (χ2n) is 5.68. The lowest BCUT2D eigenvalue weighted by atomic mass is 9.86. The number of hydrogen-bond acceptors (Lipinski definition) is 1. The normalized spacial score (nSPS) is 17.0. The van der Waals surface area contributed by atoms with Crippen LogP contribution in [0.5, 0.6) is 0 Å². The van der Waals surface area contributed by atoms with Gasteiger partial charge in [0.25, 0.3) is 0 Å². The molecule has 1 aliphatic carbocycles. The van der Waals surface area contributed by atoms with Crippen molar-refractivity contribution in [1.29, 1.82) is 0 Å². The fourth-order valence-corrected chi connectivity index (χ4v) is 3.13. The summed E-state index contributed by atoms with van der Waals surface area (Å²) in [4.78, 5) is 12.2. The number of alkyl halides is 1. The average Bonchev–Trinajstić information content (AvgIpc) is 2.87. The van der Waals surface area contributed by atoms with Crippen LogP contribution in [0, 0.1) is 0 Å². The number of nitrogens with one attached hydrogen (secondary N) is 1. The smallest absolute Gasteiger partial charge is 0.238 e. The minimum absolute atomic E-state index is 0.117. The van der Waals surface area contributed by atoms with Crippen LogP contribution in [0.3, 0.4) is 0 Å². The monoisotopic (exact) mass is 299 g/mol. The SMILES string of the molecule is CC(Cl)C(=O)NC1(c2ccccc2)Cc2ccccc2C1. The molecule has 1 aliphatic rings. The summed E-state index contributed by atoms with van der Waals surface area (Å²) in [6, 6.07) is 18.5. The van der Waals surface area contributed by atoms with Crippen molar-refractivity contribution in [3.05, 3.63) is 71.3 Å². The van der Waals surface area contributed by atoms with E-state index in [1.54, 1.807) is 6.92 Å². The number of benzene rings is 2. The molecule has 0 saturated heterocycles. The van der Waals surface area contributed by atoms with Gasteiger partial charge in [-0.25, -0.2) is 0 Å². The Bertz CT molecular complexity index is 626. The van der Waals surface area contributed by atoms with Crippen LogP contribution in [0.15, 0.2) is 54.6 Å². The van der Waals surface area contributed by atoms with Gasteiger partial charge < -0.3 is 5.32 Å². The van der Waals surface area contributed by atoms with E-state index in [-0.39, 0.29) is 11.4 Å². The van der Waals surface area contributed by atoms with Gasteiger partial charge in [0.1, 0.15) is 5.38 Å². The number of amides is 1. The molecule has 1 unspecified atom stereocenters. The molecule has 3 rings (SSSR count). The molecule has 2 nitrogen and oxygen atoms in total. The molecule has 1 amide bonds. The van der Waals surface area contributed by atoms with Crippen molar-refractivity contribution in [1.82, 2.24) is 5.32 Å². The molecular formula is C18H18ClNO. The van der Waals surface area contributed by atoms with E-state index in [0.717, 1.165) is 18.4 Å². The van der Waals surface area contributed by atoms with Gasteiger partial charge in [-0.2, -0.15) is 0 Å². The first-order valence-electron chi connectivity index (χ1n) is 7.19. The highest BCUT2D eigenvalue weighted by molar-refractivity contribution is 6.30. The van der Waals surface area contributed by atoms with Gasteiger partial charge >= 0.3 is 0 Å². The topological polar surface area (TPSA) is 29.1 Å². The summed E-state index contributed by atoms with van der Waals surface area (Å²) in [5.41, 5.74) is 3.34. The Morgan fingerprint density at radius 1 is 1.05 bits per heavy atom. The molecule has 0 bridgehead atoms. The third-order valence-electron chi connectivity index (χ3n) is 4.15. The molecule has 108 valence electrons. The van der Waals surface area contributed by atoms with Gasteiger partial charge in [-0.3, -0.25) is 4.79 Å². The molecule has 1 atom stereocenters. The van der Waals surface area contributed by atoms with Crippen LogP contribution < -0.4 is 5.32 Å². The van der Waals surface area contributed by atoms with Gasteiger partial charge in [0, 0.05) is 12.8 Å². The lowest BCUT2D eigenvalue weighted by molar-refractivity contribution is -0.122. The molecule has 0 aliphatic heterocycles. The van der Waals surface area contributed by atoms with Crippen LogP contribution in [-0.4, -0.2) is 11.3 Å². The largest absolute Gasteiger partial charge is 0.345 e. The van der Waals surface area contributed by atoms with Crippen molar-refractivity contribution >= 4 is 17.5 Å². The quantitative estimate of drug-likeness (QED) is 0.865. The first-order chi connectivity index (χ1) is 10.1.